The fourth-order valence-electron chi connectivity index (χ4n) is 1.99. The highest BCUT2D eigenvalue weighted by Gasteiger charge is 2.12. The van der Waals surface area contributed by atoms with Crippen molar-refractivity contribution in [3.8, 4) is 0 Å². The molecule has 0 aliphatic carbocycles. The SMILES string of the molecule is Cc1nc2ccc(NC(=O)N[C@@H](C)c3nccs3)cc2s1. The molecule has 1 aromatic carbocycles. The molecule has 2 heterocycles. The molecule has 0 aliphatic heterocycles. The number of anilines is 1. The highest BCUT2D eigenvalue weighted by atomic mass is 32.1. The van der Waals surface area contributed by atoms with Crippen LogP contribution in [0.2, 0.25) is 0 Å². The summed E-state index contributed by atoms with van der Waals surface area (Å²) in [5, 5.41) is 9.51. The Labute approximate surface area is 130 Å². The molecule has 2 aromatic heterocycles. The first-order chi connectivity index (χ1) is 10.1. The molecule has 0 saturated heterocycles. The Bertz CT molecular complexity index is 766. The summed E-state index contributed by atoms with van der Waals surface area (Å²) in [6.07, 6.45) is 1.73. The number of aromatic nitrogens is 2. The van der Waals surface area contributed by atoms with Crippen LogP contribution in [0.25, 0.3) is 10.2 Å². The lowest BCUT2D eigenvalue weighted by Crippen LogP contribution is -2.31. The number of amides is 2. The van der Waals surface area contributed by atoms with E-state index in [9.17, 15) is 4.79 Å². The third-order valence-electron chi connectivity index (χ3n) is 2.92. The molecule has 0 fully saturated rings. The van der Waals surface area contributed by atoms with Gasteiger partial charge in [-0.15, -0.1) is 22.7 Å². The minimum absolute atomic E-state index is 0.112. The molecule has 21 heavy (non-hydrogen) atoms. The van der Waals surface area contributed by atoms with Crippen molar-refractivity contribution in [2.75, 3.05) is 5.32 Å². The predicted molar refractivity (Wildman–Crippen MR) is 87.0 cm³/mol. The van der Waals surface area contributed by atoms with Gasteiger partial charge in [-0.1, -0.05) is 0 Å². The maximum Gasteiger partial charge on any atom is 0.319 e. The number of benzene rings is 1. The standard InChI is InChI=1S/C14H14N4OS2/c1-8(13-15-5-6-20-13)16-14(19)18-10-3-4-11-12(7-10)21-9(2)17-11/h3-8H,1-2H3,(H2,16,18,19)/t8-/m0/s1. The van der Waals surface area contributed by atoms with Crippen LogP contribution in [-0.2, 0) is 0 Å². The summed E-state index contributed by atoms with van der Waals surface area (Å²) in [5.41, 5.74) is 1.72. The Morgan fingerprint density at radius 2 is 2.24 bits per heavy atom. The second-order valence-corrected chi connectivity index (χ2v) is 6.77. The largest absolute Gasteiger partial charge is 0.329 e. The third-order valence-corrected chi connectivity index (χ3v) is 4.81. The van der Waals surface area contributed by atoms with Crippen LogP contribution in [0.3, 0.4) is 0 Å². The van der Waals surface area contributed by atoms with Crippen molar-refractivity contribution in [2.45, 2.75) is 19.9 Å². The van der Waals surface area contributed by atoms with Crippen molar-refractivity contribution >= 4 is 44.6 Å². The summed E-state index contributed by atoms with van der Waals surface area (Å²) >= 11 is 3.14. The quantitative estimate of drug-likeness (QED) is 0.768. The van der Waals surface area contributed by atoms with E-state index in [0.29, 0.717) is 0 Å². The minimum atomic E-state index is -0.238. The lowest BCUT2D eigenvalue weighted by atomic mass is 10.3. The number of carbonyl (C=O) groups excluding carboxylic acids is 1. The van der Waals surface area contributed by atoms with Crippen LogP contribution >= 0.6 is 22.7 Å². The number of fused-ring (bicyclic) bond motifs is 1. The summed E-state index contributed by atoms with van der Waals surface area (Å²) < 4.78 is 1.07. The Kier molecular flexibility index (Phi) is 3.85. The van der Waals surface area contributed by atoms with Gasteiger partial charge in [0.25, 0.3) is 0 Å². The van der Waals surface area contributed by atoms with E-state index in [0.717, 1.165) is 25.9 Å². The Morgan fingerprint density at radius 1 is 1.38 bits per heavy atom. The molecule has 1 atom stereocenters. The van der Waals surface area contributed by atoms with E-state index < -0.39 is 0 Å². The van der Waals surface area contributed by atoms with Gasteiger partial charge in [0.1, 0.15) is 5.01 Å². The smallest absolute Gasteiger partial charge is 0.319 e. The zero-order chi connectivity index (χ0) is 14.8. The van der Waals surface area contributed by atoms with Gasteiger partial charge in [-0.05, 0) is 32.0 Å². The van der Waals surface area contributed by atoms with Gasteiger partial charge in [0.2, 0.25) is 0 Å². The van der Waals surface area contributed by atoms with E-state index in [4.69, 9.17) is 0 Å². The molecule has 3 rings (SSSR count). The van der Waals surface area contributed by atoms with Gasteiger partial charge in [0.05, 0.1) is 21.3 Å². The van der Waals surface area contributed by atoms with E-state index in [1.807, 2.05) is 37.4 Å². The fourth-order valence-corrected chi connectivity index (χ4v) is 3.50. The summed E-state index contributed by atoms with van der Waals surface area (Å²) in [6.45, 7) is 3.88. The third kappa shape index (κ3) is 3.20. The normalized spacial score (nSPS) is 12.3. The Balaban J connectivity index is 1.68. The Hall–Kier alpha value is -1.99. The minimum Gasteiger partial charge on any atom is -0.329 e. The summed E-state index contributed by atoms with van der Waals surface area (Å²) in [5.74, 6) is 0. The first kappa shape index (κ1) is 14.0. The van der Waals surface area contributed by atoms with Gasteiger partial charge in [-0.2, -0.15) is 0 Å². The van der Waals surface area contributed by atoms with E-state index in [-0.39, 0.29) is 12.1 Å². The second kappa shape index (κ2) is 5.79. The number of hydrogen-bond donors (Lipinski definition) is 2. The average Bonchev–Trinajstić information content (AvgIpc) is 3.05. The van der Waals surface area contributed by atoms with Gasteiger partial charge in [0.15, 0.2) is 0 Å². The topological polar surface area (TPSA) is 66.9 Å². The number of aryl methyl sites for hydroxylation is 1. The number of hydrogen-bond acceptors (Lipinski definition) is 5. The molecule has 0 radical (unpaired) electrons. The van der Waals surface area contributed by atoms with Gasteiger partial charge in [0, 0.05) is 17.3 Å². The van der Waals surface area contributed by atoms with Gasteiger partial charge in [-0.25, -0.2) is 14.8 Å². The molecule has 0 spiro atoms. The lowest BCUT2D eigenvalue weighted by molar-refractivity contribution is 0.249. The molecule has 2 N–H and O–H groups in total. The molecule has 0 bridgehead atoms. The first-order valence-electron chi connectivity index (χ1n) is 6.46. The molecular formula is C14H14N4OS2. The van der Waals surface area contributed by atoms with Gasteiger partial charge in [-0.3, -0.25) is 0 Å². The van der Waals surface area contributed by atoms with E-state index in [2.05, 4.69) is 20.6 Å². The zero-order valence-corrected chi connectivity index (χ0v) is 13.2. The highest BCUT2D eigenvalue weighted by Crippen LogP contribution is 2.24. The fraction of sp³-hybridized carbons (Fsp3) is 0.214. The van der Waals surface area contributed by atoms with Crippen molar-refractivity contribution in [3.63, 3.8) is 0 Å². The van der Waals surface area contributed by atoms with Crippen LogP contribution in [-0.4, -0.2) is 16.0 Å². The molecule has 2 amide bonds. The molecular weight excluding hydrogens is 304 g/mol. The number of nitrogens with one attached hydrogen (secondary N) is 2. The van der Waals surface area contributed by atoms with Crippen LogP contribution in [0.1, 0.15) is 23.0 Å². The monoisotopic (exact) mass is 318 g/mol. The Morgan fingerprint density at radius 3 is 3.00 bits per heavy atom. The number of nitrogens with zero attached hydrogens (tertiary/aromatic N) is 2. The zero-order valence-electron chi connectivity index (χ0n) is 11.6. The van der Waals surface area contributed by atoms with Gasteiger partial charge < -0.3 is 10.6 Å². The molecule has 0 unspecified atom stereocenters. The van der Waals surface area contributed by atoms with E-state index >= 15 is 0 Å². The molecule has 0 saturated carbocycles. The molecule has 3 aromatic rings. The van der Waals surface area contributed by atoms with Crippen LogP contribution in [0, 0.1) is 6.92 Å². The van der Waals surface area contributed by atoms with E-state index in [1.54, 1.807) is 17.5 Å². The summed E-state index contributed by atoms with van der Waals surface area (Å²) in [7, 11) is 0. The lowest BCUT2D eigenvalue weighted by Gasteiger charge is -2.12. The number of urea groups is 1. The first-order valence-corrected chi connectivity index (χ1v) is 8.15. The van der Waals surface area contributed by atoms with Gasteiger partial charge >= 0.3 is 6.03 Å². The number of carbonyl (C=O) groups is 1. The van der Waals surface area contributed by atoms with Crippen LogP contribution < -0.4 is 10.6 Å². The molecule has 108 valence electrons. The van der Waals surface area contributed by atoms with Crippen LogP contribution in [0.15, 0.2) is 29.8 Å². The maximum atomic E-state index is 12.0. The number of rotatable bonds is 3. The van der Waals surface area contributed by atoms with Crippen molar-refractivity contribution < 1.29 is 4.79 Å². The van der Waals surface area contributed by atoms with Crippen molar-refractivity contribution in [2.24, 2.45) is 0 Å². The maximum absolute atomic E-state index is 12.0. The van der Waals surface area contributed by atoms with Crippen LogP contribution in [0.4, 0.5) is 10.5 Å². The summed E-state index contributed by atoms with van der Waals surface area (Å²) in [4.78, 5) is 20.6. The second-order valence-electron chi connectivity index (χ2n) is 4.61. The molecule has 7 heteroatoms. The highest BCUT2D eigenvalue weighted by molar-refractivity contribution is 7.18. The molecule has 5 nitrogen and oxygen atoms in total. The average molecular weight is 318 g/mol. The van der Waals surface area contributed by atoms with E-state index in [1.165, 1.54) is 11.3 Å². The van der Waals surface area contributed by atoms with Crippen LogP contribution in [0.5, 0.6) is 0 Å². The number of thiazole rings is 2. The van der Waals surface area contributed by atoms with Crippen molar-refractivity contribution in [1.82, 2.24) is 15.3 Å². The molecule has 0 aliphatic rings. The van der Waals surface area contributed by atoms with Crippen molar-refractivity contribution in [3.05, 3.63) is 39.8 Å². The predicted octanol–water partition coefficient (Wildman–Crippen LogP) is 3.94. The summed E-state index contributed by atoms with van der Waals surface area (Å²) in [6, 6.07) is 5.36. The van der Waals surface area contributed by atoms with Crippen molar-refractivity contribution in [1.29, 1.82) is 0 Å².